The molecule has 1 aliphatic heterocycles. The molecule has 0 bridgehead atoms. The van der Waals surface area contributed by atoms with Gasteiger partial charge in [-0.3, -0.25) is 4.79 Å². The first kappa shape index (κ1) is 15.3. The van der Waals surface area contributed by atoms with E-state index in [4.69, 9.17) is 9.47 Å². The third-order valence-corrected chi connectivity index (χ3v) is 3.84. The Balaban J connectivity index is 1.69. The molecule has 3 rings (SSSR count). The van der Waals surface area contributed by atoms with Crippen molar-refractivity contribution < 1.29 is 14.3 Å². The van der Waals surface area contributed by atoms with E-state index in [9.17, 15) is 4.79 Å². The zero-order valence-corrected chi connectivity index (χ0v) is 13.0. The van der Waals surface area contributed by atoms with Crippen LogP contribution in [0.15, 0.2) is 42.6 Å². The van der Waals surface area contributed by atoms with Gasteiger partial charge in [-0.1, -0.05) is 12.1 Å². The Kier molecular flexibility index (Phi) is 4.71. The molecule has 1 aromatic carbocycles. The van der Waals surface area contributed by atoms with Crippen molar-refractivity contribution in [3.63, 3.8) is 0 Å². The number of amides is 1. The summed E-state index contributed by atoms with van der Waals surface area (Å²) in [5, 5.41) is 7.74. The molecule has 120 valence electrons. The summed E-state index contributed by atoms with van der Waals surface area (Å²) in [7, 11) is 1.57. The molecule has 1 amide bonds. The van der Waals surface area contributed by atoms with Gasteiger partial charge in [0.25, 0.3) is 5.91 Å². The van der Waals surface area contributed by atoms with Gasteiger partial charge in [-0.15, -0.1) is 5.10 Å². The third kappa shape index (κ3) is 3.59. The molecule has 1 fully saturated rings. The molecule has 0 saturated carbocycles. The Labute approximate surface area is 135 Å². The van der Waals surface area contributed by atoms with Crippen molar-refractivity contribution in [2.45, 2.75) is 18.9 Å². The summed E-state index contributed by atoms with van der Waals surface area (Å²) in [6.07, 6.45) is 3.32. The van der Waals surface area contributed by atoms with Gasteiger partial charge in [0, 0.05) is 18.8 Å². The number of para-hydroxylation sites is 1. The fourth-order valence-corrected chi connectivity index (χ4v) is 2.73. The largest absolute Gasteiger partial charge is 0.496 e. The van der Waals surface area contributed by atoms with E-state index in [2.05, 4.69) is 10.2 Å². The van der Waals surface area contributed by atoms with Crippen LogP contribution in [-0.4, -0.2) is 47.3 Å². The van der Waals surface area contributed by atoms with Crippen LogP contribution in [0.25, 0.3) is 0 Å². The Morgan fingerprint density at radius 3 is 2.91 bits per heavy atom. The van der Waals surface area contributed by atoms with E-state index in [1.54, 1.807) is 37.6 Å². The molecule has 0 N–H and O–H groups in total. The molecule has 1 unspecified atom stereocenters. The molecule has 2 heterocycles. The van der Waals surface area contributed by atoms with Crippen LogP contribution >= 0.6 is 0 Å². The summed E-state index contributed by atoms with van der Waals surface area (Å²) in [4.78, 5) is 14.5. The van der Waals surface area contributed by atoms with E-state index in [1.807, 2.05) is 17.0 Å². The number of rotatable bonds is 4. The van der Waals surface area contributed by atoms with Crippen molar-refractivity contribution in [3.05, 3.63) is 48.2 Å². The second-order valence-corrected chi connectivity index (χ2v) is 5.40. The lowest BCUT2D eigenvalue weighted by atomic mass is 10.1. The lowest BCUT2D eigenvalue weighted by Gasteiger charge is -2.32. The Morgan fingerprint density at radius 2 is 2.13 bits per heavy atom. The van der Waals surface area contributed by atoms with E-state index in [1.165, 1.54) is 0 Å². The minimum Gasteiger partial charge on any atom is -0.496 e. The van der Waals surface area contributed by atoms with Gasteiger partial charge >= 0.3 is 0 Å². The van der Waals surface area contributed by atoms with E-state index in [0.717, 1.165) is 19.4 Å². The number of ether oxygens (including phenoxy) is 2. The van der Waals surface area contributed by atoms with E-state index < -0.39 is 0 Å². The number of methoxy groups -OCH3 is 1. The molecule has 1 atom stereocenters. The fraction of sp³-hybridized carbons (Fsp3) is 0.353. The number of carbonyl (C=O) groups is 1. The molecule has 1 aromatic heterocycles. The molecule has 23 heavy (non-hydrogen) atoms. The zero-order chi connectivity index (χ0) is 16.1. The van der Waals surface area contributed by atoms with E-state index in [0.29, 0.717) is 23.7 Å². The highest BCUT2D eigenvalue weighted by Gasteiger charge is 2.27. The standard InChI is InChI=1S/C17H19N3O3/c1-22-15-8-3-2-7-14(15)17(21)20-11-5-6-13(12-20)23-16-9-4-10-18-19-16/h2-4,7-10,13H,5-6,11-12H2,1H3. The maximum absolute atomic E-state index is 12.7. The molecule has 6 nitrogen and oxygen atoms in total. The molecule has 0 radical (unpaired) electrons. The molecule has 0 spiro atoms. The Hall–Kier alpha value is -2.63. The molecular formula is C17H19N3O3. The molecule has 0 aliphatic carbocycles. The van der Waals surface area contributed by atoms with Crippen molar-refractivity contribution >= 4 is 5.91 Å². The third-order valence-electron chi connectivity index (χ3n) is 3.84. The van der Waals surface area contributed by atoms with Gasteiger partial charge in [-0.2, -0.15) is 5.10 Å². The summed E-state index contributed by atoms with van der Waals surface area (Å²) in [5.41, 5.74) is 0.579. The van der Waals surface area contributed by atoms with Gasteiger partial charge in [0.05, 0.1) is 19.2 Å². The van der Waals surface area contributed by atoms with Crippen molar-refractivity contribution in [1.82, 2.24) is 15.1 Å². The quantitative estimate of drug-likeness (QED) is 0.865. The predicted octanol–water partition coefficient (Wildman–Crippen LogP) is 2.17. The van der Waals surface area contributed by atoms with Crippen LogP contribution < -0.4 is 9.47 Å². The second-order valence-electron chi connectivity index (χ2n) is 5.40. The second kappa shape index (κ2) is 7.09. The number of likely N-dealkylation sites (tertiary alicyclic amines) is 1. The van der Waals surface area contributed by atoms with Crippen molar-refractivity contribution in [2.24, 2.45) is 0 Å². The molecule has 1 aliphatic rings. The smallest absolute Gasteiger partial charge is 0.257 e. The van der Waals surface area contributed by atoms with Crippen molar-refractivity contribution in [2.75, 3.05) is 20.2 Å². The maximum atomic E-state index is 12.7. The van der Waals surface area contributed by atoms with E-state index in [-0.39, 0.29) is 12.0 Å². The van der Waals surface area contributed by atoms with Crippen LogP contribution in [0.4, 0.5) is 0 Å². The highest BCUT2D eigenvalue weighted by Crippen LogP contribution is 2.22. The predicted molar refractivity (Wildman–Crippen MR) is 84.6 cm³/mol. The number of piperidine rings is 1. The number of aromatic nitrogens is 2. The van der Waals surface area contributed by atoms with Crippen molar-refractivity contribution in [1.29, 1.82) is 0 Å². The monoisotopic (exact) mass is 313 g/mol. The number of carbonyl (C=O) groups excluding carboxylic acids is 1. The summed E-state index contributed by atoms with van der Waals surface area (Å²) in [6, 6.07) is 10.8. The minimum atomic E-state index is -0.0703. The van der Waals surface area contributed by atoms with E-state index >= 15 is 0 Å². The maximum Gasteiger partial charge on any atom is 0.257 e. The summed E-state index contributed by atoms with van der Waals surface area (Å²) < 4.78 is 11.1. The van der Waals surface area contributed by atoms with Gasteiger partial charge < -0.3 is 14.4 Å². The van der Waals surface area contributed by atoms with Gasteiger partial charge in [-0.25, -0.2) is 0 Å². The number of hydrogen-bond donors (Lipinski definition) is 0. The Bertz CT molecular complexity index is 663. The van der Waals surface area contributed by atoms with Gasteiger partial charge in [0.15, 0.2) is 0 Å². The normalized spacial score (nSPS) is 17.6. The summed E-state index contributed by atoms with van der Waals surface area (Å²) in [6.45, 7) is 1.25. The average Bonchev–Trinajstić information content (AvgIpc) is 2.62. The van der Waals surface area contributed by atoms with Crippen LogP contribution in [0.5, 0.6) is 11.6 Å². The van der Waals surface area contributed by atoms with Crippen LogP contribution in [-0.2, 0) is 0 Å². The van der Waals surface area contributed by atoms with Gasteiger partial charge in [0.1, 0.15) is 11.9 Å². The van der Waals surface area contributed by atoms with Crippen LogP contribution in [0, 0.1) is 0 Å². The zero-order valence-electron chi connectivity index (χ0n) is 13.0. The first-order chi connectivity index (χ1) is 11.3. The highest BCUT2D eigenvalue weighted by molar-refractivity contribution is 5.97. The fourth-order valence-electron chi connectivity index (χ4n) is 2.73. The van der Waals surface area contributed by atoms with Gasteiger partial charge in [0.2, 0.25) is 5.88 Å². The minimum absolute atomic E-state index is 0.0325. The van der Waals surface area contributed by atoms with Gasteiger partial charge in [-0.05, 0) is 31.0 Å². The number of nitrogens with zero attached hydrogens (tertiary/aromatic N) is 3. The highest BCUT2D eigenvalue weighted by atomic mass is 16.5. The lowest BCUT2D eigenvalue weighted by Crippen LogP contribution is -2.44. The number of hydrogen-bond acceptors (Lipinski definition) is 5. The molecule has 1 saturated heterocycles. The first-order valence-corrected chi connectivity index (χ1v) is 7.64. The lowest BCUT2D eigenvalue weighted by molar-refractivity contribution is 0.0522. The van der Waals surface area contributed by atoms with Crippen molar-refractivity contribution in [3.8, 4) is 11.6 Å². The molecule has 6 heteroatoms. The summed E-state index contributed by atoms with van der Waals surface area (Å²) in [5.74, 6) is 1.05. The van der Waals surface area contributed by atoms with Crippen LogP contribution in [0.1, 0.15) is 23.2 Å². The average molecular weight is 313 g/mol. The first-order valence-electron chi connectivity index (χ1n) is 7.64. The van der Waals surface area contributed by atoms with Crippen LogP contribution in [0.2, 0.25) is 0 Å². The SMILES string of the molecule is COc1ccccc1C(=O)N1CCCC(Oc2cccnn2)C1. The summed E-state index contributed by atoms with van der Waals surface area (Å²) >= 11 is 0. The number of benzene rings is 1. The molecule has 2 aromatic rings. The molecular weight excluding hydrogens is 294 g/mol. The topological polar surface area (TPSA) is 64.5 Å². The Morgan fingerprint density at radius 1 is 1.26 bits per heavy atom. The van der Waals surface area contributed by atoms with Crippen LogP contribution in [0.3, 0.4) is 0 Å².